The van der Waals surface area contributed by atoms with Gasteiger partial charge in [-0.1, -0.05) is 18.5 Å². The summed E-state index contributed by atoms with van der Waals surface area (Å²) in [4.78, 5) is 13.8. The number of amides is 2. The Balaban J connectivity index is 1.93. The number of anilines is 1. The van der Waals surface area contributed by atoms with Gasteiger partial charge in [0.1, 0.15) is 0 Å². The van der Waals surface area contributed by atoms with Crippen molar-refractivity contribution in [3.05, 3.63) is 29.3 Å². The number of halogens is 1. The molecule has 1 unspecified atom stereocenters. The van der Waals surface area contributed by atoms with E-state index < -0.39 is 0 Å². The third-order valence-electron chi connectivity index (χ3n) is 2.98. The van der Waals surface area contributed by atoms with Gasteiger partial charge in [-0.2, -0.15) is 0 Å². The molecule has 1 aromatic rings. The molecule has 1 atom stereocenters. The zero-order chi connectivity index (χ0) is 13.0. The average molecular weight is 269 g/mol. The molecular formula is C13H17ClN2O2. The summed E-state index contributed by atoms with van der Waals surface area (Å²) in [6, 6.07) is 7.01. The number of rotatable bonds is 2. The Morgan fingerprint density at radius 1 is 1.50 bits per heavy atom. The smallest absolute Gasteiger partial charge is 0.322 e. The molecule has 2 amide bonds. The van der Waals surface area contributed by atoms with E-state index in [0.29, 0.717) is 24.7 Å². The van der Waals surface area contributed by atoms with Gasteiger partial charge in [-0.3, -0.25) is 0 Å². The lowest BCUT2D eigenvalue weighted by Crippen LogP contribution is -2.47. The lowest BCUT2D eigenvalue weighted by molar-refractivity contribution is -0.0134. The number of benzene rings is 1. The van der Waals surface area contributed by atoms with Crippen molar-refractivity contribution >= 4 is 23.3 Å². The van der Waals surface area contributed by atoms with E-state index in [9.17, 15) is 4.79 Å². The molecule has 2 rings (SSSR count). The molecule has 18 heavy (non-hydrogen) atoms. The summed E-state index contributed by atoms with van der Waals surface area (Å²) in [6.07, 6.45) is 1.07. The second-order valence-electron chi connectivity index (χ2n) is 4.28. The molecule has 1 fully saturated rings. The Hall–Kier alpha value is -1.26. The van der Waals surface area contributed by atoms with Crippen LogP contribution in [0, 0.1) is 0 Å². The largest absolute Gasteiger partial charge is 0.375 e. The molecule has 1 heterocycles. The zero-order valence-electron chi connectivity index (χ0n) is 10.4. The van der Waals surface area contributed by atoms with Crippen LogP contribution in [0.4, 0.5) is 10.5 Å². The molecular weight excluding hydrogens is 252 g/mol. The lowest BCUT2D eigenvalue weighted by atomic mass is 10.2. The molecule has 0 aromatic heterocycles. The van der Waals surface area contributed by atoms with Crippen molar-refractivity contribution in [2.75, 3.05) is 25.0 Å². The number of ether oxygens (including phenoxy) is 1. The molecule has 5 heteroatoms. The van der Waals surface area contributed by atoms with Crippen LogP contribution in [0.5, 0.6) is 0 Å². The van der Waals surface area contributed by atoms with Crippen molar-refractivity contribution in [1.29, 1.82) is 0 Å². The highest BCUT2D eigenvalue weighted by Gasteiger charge is 2.22. The van der Waals surface area contributed by atoms with Gasteiger partial charge in [0.25, 0.3) is 0 Å². The highest BCUT2D eigenvalue weighted by Crippen LogP contribution is 2.15. The van der Waals surface area contributed by atoms with Gasteiger partial charge in [-0.05, 0) is 30.7 Å². The first kappa shape index (κ1) is 13.2. The number of nitrogens with one attached hydrogen (secondary N) is 1. The van der Waals surface area contributed by atoms with Crippen LogP contribution < -0.4 is 5.32 Å². The van der Waals surface area contributed by atoms with Crippen LogP contribution in [-0.4, -0.2) is 36.7 Å². The fourth-order valence-electron chi connectivity index (χ4n) is 1.89. The van der Waals surface area contributed by atoms with E-state index in [1.807, 2.05) is 0 Å². The molecule has 1 aromatic carbocycles. The summed E-state index contributed by atoms with van der Waals surface area (Å²) in [6.45, 7) is 3.95. The van der Waals surface area contributed by atoms with Crippen molar-refractivity contribution in [3.8, 4) is 0 Å². The topological polar surface area (TPSA) is 41.6 Å². The normalized spacial score (nSPS) is 19.7. The van der Waals surface area contributed by atoms with Gasteiger partial charge in [0.2, 0.25) is 0 Å². The van der Waals surface area contributed by atoms with E-state index >= 15 is 0 Å². The quantitative estimate of drug-likeness (QED) is 0.896. The zero-order valence-corrected chi connectivity index (χ0v) is 11.1. The maximum atomic E-state index is 12.0. The summed E-state index contributed by atoms with van der Waals surface area (Å²) in [7, 11) is 0. The van der Waals surface area contributed by atoms with Crippen LogP contribution in [0.3, 0.4) is 0 Å². The van der Waals surface area contributed by atoms with Gasteiger partial charge in [-0.25, -0.2) is 4.79 Å². The van der Waals surface area contributed by atoms with Gasteiger partial charge in [-0.15, -0.1) is 0 Å². The number of hydrogen-bond acceptors (Lipinski definition) is 2. The predicted octanol–water partition coefficient (Wildman–Crippen LogP) is 2.98. The summed E-state index contributed by atoms with van der Waals surface area (Å²) in [5.41, 5.74) is 0.754. The molecule has 98 valence electrons. The Morgan fingerprint density at radius 2 is 2.22 bits per heavy atom. The van der Waals surface area contributed by atoms with Gasteiger partial charge < -0.3 is 15.0 Å². The van der Waals surface area contributed by atoms with Gasteiger partial charge in [0, 0.05) is 23.8 Å². The second-order valence-corrected chi connectivity index (χ2v) is 4.72. The third kappa shape index (κ3) is 3.37. The number of hydrogen-bond donors (Lipinski definition) is 1. The molecule has 1 aliphatic heterocycles. The number of nitrogens with zero attached hydrogens (tertiary/aromatic N) is 1. The van der Waals surface area contributed by atoms with Gasteiger partial charge in [0.05, 0.1) is 12.7 Å². The molecule has 4 nitrogen and oxygen atoms in total. The van der Waals surface area contributed by atoms with Crippen LogP contribution in [0.1, 0.15) is 13.3 Å². The summed E-state index contributed by atoms with van der Waals surface area (Å²) >= 11 is 5.80. The number of carbonyl (C=O) groups is 1. The Kier molecular flexibility index (Phi) is 4.44. The van der Waals surface area contributed by atoms with E-state index in [1.165, 1.54) is 0 Å². The average Bonchev–Trinajstić information content (AvgIpc) is 2.41. The monoisotopic (exact) mass is 268 g/mol. The van der Waals surface area contributed by atoms with Gasteiger partial charge >= 0.3 is 6.03 Å². The number of morpholine rings is 1. The van der Waals surface area contributed by atoms with E-state index in [-0.39, 0.29) is 12.1 Å². The van der Waals surface area contributed by atoms with E-state index in [2.05, 4.69) is 12.2 Å². The van der Waals surface area contributed by atoms with Crippen molar-refractivity contribution in [1.82, 2.24) is 4.90 Å². The summed E-state index contributed by atoms with van der Waals surface area (Å²) in [5.74, 6) is 0. The highest BCUT2D eigenvalue weighted by atomic mass is 35.5. The maximum absolute atomic E-state index is 12.0. The van der Waals surface area contributed by atoms with Crippen molar-refractivity contribution in [2.24, 2.45) is 0 Å². The van der Waals surface area contributed by atoms with Crippen molar-refractivity contribution in [2.45, 2.75) is 19.4 Å². The SMILES string of the molecule is CCC1CN(C(=O)Nc2ccc(Cl)cc2)CCO1. The minimum Gasteiger partial charge on any atom is -0.375 e. The predicted molar refractivity (Wildman–Crippen MR) is 72.1 cm³/mol. The fraction of sp³-hybridized carbons (Fsp3) is 0.462. The molecule has 1 aliphatic rings. The Labute approximate surface area is 112 Å². The second kappa shape index (κ2) is 6.07. The fourth-order valence-corrected chi connectivity index (χ4v) is 2.01. The Morgan fingerprint density at radius 3 is 2.89 bits per heavy atom. The first-order valence-corrected chi connectivity index (χ1v) is 6.50. The molecule has 1 saturated heterocycles. The highest BCUT2D eigenvalue weighted by molar-refractivity contribution is 6.30. The van der Waals surface area contributed by atoms with Crippen LogP contribution in [0.15, 0.2) is 24.3 Å². The molecule has 0 saturated carbocycles. The summed E-state index contributed by atoms with van der Waals surface area (Å²) < 4.78 is 5.53. The molecule has 0 bridgehead atoms. The maximum Gasteiger partial charge on any atom is 0.322 e. The van der Waals surface area contributed by atoms with E-state index in [1.54, 1.807) is 29.2 Å². The van der Waals surface area contributed by atoms with E-state index in [4.69, 9.17) is 16.3 Å². The molecule has 0 spiro atoms. The first-order chi connectivity index (χ1) is 8.69. The molecule has 0 aliphatic carbocycles. The van der Waals surface area contributed by atoms with Crippen LogP contribution >= 0.6 is 11.6 Å². The summed E-state index contributed by atoms with van der Waals surface area (Å²) in [5, 5.41) is 3.51. The standard InChI is InChI=1S/C13H17ClN2O2/c1-2-12-9-16(7-8-18-12)13(17)15-11-5-3-10(14)4-6-11/h3-6,12H,2,7-9H2,1H3,(H,15,17). The third-order valence-corrected chi connectivity index (χ3v) is 3.23. The van der Waals surface area contributed by atoms with Crippen molar-refractivity contribution < 1.29 is 9.53 Å². The van der Waals surface area contributed by atoms with Crippen molar-refractivity contribution in [3.63, 3.8) is 0 Å². The van der Waals surface area contributed by atoms with Gasteiger partial charge in [0.15, 0.2) is 0 Å². The van der Waals surface area contributed by atoms with Crippen LogP contribution in [0.25, 0.3) is 0 Å². The minimum absolute atomic E-state index is 0.0842. The lowest BCUT2D eigenvalue weighted by Gasteiger charge is -2.32. The molecule has 0 radical (unpaired) electrons. The molecule has 1 N–H and O–H groups in total. The number of urea groups is 1. The van der Waals surface area contributed by atoms with Crippen LogP contribution in [-0.2, 0) is 4.74 Å². The minimum atomic E-state index is -0.0842. The number of carbonyl (C=O) groups excluding carboxylic acids is 1. The van der Waals surface area contributed by atoms with Crippen LogP contribution in [0.2, 0.25) is 5.02 Å². The Bertz CT molecular complexity index is 408. The van der Waals surface area contributed by atoms with E-state index in [0.717, 1.165) is 12.1 Å². The first-order valence-electron chi connectivity index (χ1n) is 6.12.